The molecule has 17 heavy (non-hydrogen) atoms. The third-order valence-electron chi connectivity index (χ3n) is 2.78. The first-order chi connectivity index (χ1) is 8.18. The second-order valence-electron chi connectivity index (χ2n) is 4.10. The van der Waals surface area contributed by atoms with E-state index in [-0.39, 0.29) is 5.91 Å². The van der Waals surface area contributed by atoms with Gasteiger partial charge >= 0.3 is 0 Å². The number of benzene rings is 1. The molecule has 2 aromatic rings. The van der Waals surface area contributed by atoms with Gasteiger partial charge in [0.1, 0.15) is 0 Å². The molecule has 2 nitrogen and oxygen atoms in total. The van der Waals surface area contributed by atoms with E-state index in [0.717, 1.165) is 5.56 Å². The molecular weight excluding hydrogens is 230 g/mol. The number of carbonyl (C=O) groups is 1. The highest BCUT2D eigenvalue weighted by molar-refractivity contribution is 7.08. The highest BCUT2D eigenvalue weighted by Gasteiger charge is 2.12. The Labute approximate surface area is 106 Å². The third kappa shape index (κ3) is 2.74. The van der Waals surface area contributed by atoms with Crippen molar-refractivity contribution in [3.05, 3.63) is 57.8 Å². The maximum atomic E-state index is 12.1. The highest BCUT2D eigenvalue weighted by Crippen LogP contribution is 2.13. The minimum absolute atomic E-state index is 0.0782. The summed E-state index contributed by atoms with van der Waals surface area (Å²) in [6.07, 6.45) is 0. The second-order valence-corrected chi connectivity index (χ2v) is 4.88. The van der Waals surface area contributed by atoms with Crippen LogP contribution in [0.4, 0.5) is 0 Å². The summed E-state index contributed by atoms with van der Waals surface area (Å²) in [5.74, 6) is 0.0782. The van der Waals surface area contributed by atoms with Crippen LogP contribution >= 0.6 is 11.3 Å². The Hall–Kier alpha value is -1.61. The largest absolute Gasteiger partial charge is 0.337 e. The first-order valence-corrected chi connectivity index (χ1v) is 6.45. The monoisotopic (exact) mass is 245 g/mol. The number of hydrogen-bond acceptors (Lipinski definition) is 2. The Morgan fingerprint density at radius 2 is 2.06 bits per heavy atom. The summed E-state index contributed by atoms with van der Waals surface area (Å²) in [7, 11) is 1.84. The maximum absolute atomic E-state index is 12.1. The van der Waals surface area contributed by atoms with Crippen molar-refractivity contribution < 1.29 is 4.79 Å². The molecule has 0 N–H and O–H groups in total. The molecule has 1 aromatic carbocycles. The maximum Gasteiger partial charge on any atom is 0.254 e. The summed E-state index contributed by atoms with van der Waals surface area (Å²) in [6.45, 7) is 2.72. The standard InChI is InChI=1S/C14H15NOS/c1-11-5-3-4-6-12(11)9-15(2)14(16)13-7-8-17-10-13/h3-8,10H,9H2,1-2H3. The SMILES string of the molecule is Cc1ccccc1CN(C)C(=O)c1ccsc1. The van der Waals surface area contributed by atoms with Crippen molar-refractivity contribution in [3.63, 3.8) is 0 Å². The van der Waals surface area contributed by atoms with Crippen molar-refractivity contribution in [3.8, 4) is 0 Å². The summed E-state index contributed by atoms with van der Waals surface area (Å²) in [5, 5.41) is 3.81. The van der Waals surface area contributed by atoms with E-state index < -0.39 is 0 Å². The lowest BCUT2D eigenvalue weighted by molar-refractivity contribution is 0.0785. The van der Waals surface area contributed by atoms with Gasteiger partial charge in [-0.05, 0) is 29.5 Å². The Balaban J connectivity index is 2.10. The summed E-state index contributed by atoms with van der Waals surface area (Å²) < 4.78 is 0. The predicted molar refractivity (Wildman–Crippen MR) is 71.3 cm³/mol. The van der Waals surface area contributed by atoms with Gasteiger partial charge in [-0.2, -0.15) is 11.3 Å². The van der Waals surface area contributed by atoms with E-state index in [1.165, 1.54) is 11.1 Å². The van der Waals surface area contributed by atoms with Gasteiger partial charge in [0, 0.05) is 19.0 Å². The smallest absolute Gasteiger partial charge is 0.254 e. The van der Waals surface area contributed by atoms with Gasteiger partial charge < -0.3 is 4.90 Å². The van der Waals surface area contributed by atoms with Crippen molar-refractivity contribution in [1.82, 2.24) is 4.90 Å². The number of thiophene rings is 1. The van der Waals surface area contributed by atoms with E-state index in [9.17, 15) is 4.79 Å². The van der Waals surface area contributed by atoms with E-state index >= 15 is 0 Å². The molecule has 0 bridgehead atoms. The first kappa shape index (κ1) is 11.9. The van der Waals surface area contributed by atoms with Crippen LogP contribution in [0, 0.1) is 6.92 Å². The number of carbonyl (C=O) groups excluding carboxylic acids is 1. The van der Waals surface area contributed by atoms with Gasteiger partial charge in [0.2, 0.25) is 0 Å². The molecule has 0 radical (unpaired) electrons. The van der Waals surface area contributed by atoms with Crippen LogP contribution in [0.1, 0.15) is 21.5 Å². The van der Waals surface area contributed by atoms with Gasteiger partial charge in [-0.3, -0.25) is 4.79 Å². The molecule has 0 saturated carbocycles. The van der Waals surface area contributed by atoms with Crippen molar-refractivity contribution in [2.45, 2.75) is 13.5 Å². The molecule has 0 unspecified atom stereocenters. The minimum atomic E-state index is 0.0782. The van der Waals surface area contributed by atoms with Gasteiger partial charge in [0.05, 0.1) is 5.56 Å². The molecule has 0 atom stereocenters. The van der Waals surface area contributed by atoms with Gasteiger partial charge in [0.15, 0.2) is 0 Å². The van der Waals surface area contributed by atoms with Crippen LogP contribution in [0.25, 0.3) is 0 Å². The van der Waals surface area contributed by atoms with Gasteiger partial charge in [-0.1, -0.05) is 24.3 Å². The molecule has 2 rings (SSSR count). The molecule has 0 aliphatic carbocycles. The zero-order valence-corrected chi connectivity index (χ0v) is 10.8. The molecule has 88 valence electrons. The number of hydrogen-bond donors (Lipinski definition) is 0. The van der Waals surface area contributed by atoms with E-state index in [4.69, 9.17) is 0 Å². The van der Waals surface area contributed by atoms with Crippen LogP contribution in [0.2, 0.25) is 0 Å². The van der Waals surface area contributed by atoms with E-state index in [2.05, 4.69) is 19.1 Å². The minimum Gasteiger partial charge on any atom is -0.337 e. The molecule has 0 aliphatic heterocycles. The number of amides is 1. The van der Waals surface area contributed by atoms with E-state index in [1.54, 1.807) is 16.2 Å². The molecule has 0 spiro atoms. The highest BCUT2D eigenvalue weighted by atomic mass is 32.1. The molecule has 0 saturated heterocycles. The fraction of sp³-hybridized carbons (Fsp3) is 0.214. The lowest BCUT2D eigenvalue weighted by Gasteiger charge is -2.17. The van der Waals surface area contributed by atoms with Crippen LogP contribution in [0.5, 0.6) is 0 Å². The van der Waals surface area contributed by atoms with E-state index in [0.29, 0.717) is 6.54 Å². The van der Waals surface area contributed by atoms with Crippen LogP contribution in [-0.4, -0.2) is 17.9 Å². The first-order valence-electron chi connectivity index (χ1n) is 5.50. The van der Waals surface area contributed by atoms with Crippen molar-refractivity contribution in [1.29, 1.82) is 0 Å². The lowest BCUT2D eigenvalue weighted by atomic mass is 10.1. The molecular formula is C14H15NOS. The predicted octanol–water partition coefficient (Wildman–Crippen LogP) is 3.33. The van der Waals surface area contributed by atoms with Crippen LogP contribution < -0.4 is 0 Å². The normalized spacial score (nSPS) is 10.2. The van der Waals surface area contributed by atoms with Crippen LogP contribution in [-0.2, 0) is 6.54 Å². The molecule has 0 aliphatic rings. The molecule has 1 aromatic heterocycles. The average Bonchev–Trinajstić information content (AvgIpc) is 2.84. The van der Waals surface area contributed by atoms with Crippen molar-refractivity contribution >= 4 is 17.2 Å². The summed E-state index contributed by atoms with van der Waals surface area (Å²) in [6, 6.07) is 10.0. The Morgan fingerprint density at radius 3 is 2.71 bits per heavy atom. The average molecular weight is 245 g/mol. The third-order valence-corrected chi connectivity index (χ3v) is 3.47. The zero-order valence-electron chi connectivity index (χ0n) is 10.0. The summed E-state index contributed by atoms with van der Waals surface area (Å²) >= 11 is 1.55. The molecule has 1 amide bonds. The van der Waals surface area contributed by atoms with Crippen molar-refractivity contribution in [2.24, 2.45) is 0 Å². The van der Waals surface area contributed by atoms with Gasteiger partial charge in [-0.15, -0.1) is 0 Å². The topological polar surface area (TPSA) is 20.3 Å². The number of nitrogens with zero attached hydrogens (tertiary/aromatic N) is 1. The van der Waals surface area contributed by atoms with Gasteiger partial charge in [0.25, 0.3) is 5.91 Å². The Bertz CT molecular complexity index is 505. The second kappa shape index (κ2) is 5.15. The van der Waals surface area contributed by atoms with Crippen LogP contribution in [0.3, 0.4) is 0 Å². The number of aryl methyl sites for hydroxylation is 1. The fourth-order valence-electron chi connectivity index (χ4n) is 1.72. The van der Waals surface area contributed by atoms with Gasteiger partial charge in [-0.25, -0.2) is 0 Å². The lowest BCUT2D eigenvalue weighted by Crippen LogP contribution is -2.26. The Kier molecular flexibility index (Phi) is 3.59. The summed E-state index contributed by atoms with van der Waals surface area (Å²) in [5.41, 5.74) is 3.18. The Morgan fingerprint density at radius 1 is 1.29 bits per heavy atom. The van der Waals surface area contributed by atoms with E-state index in [1.807, 2.05) is 36.0 Å². The summed E-state index contributed by atoms with van der Waals surface area (Å²) in [4.78, 5) is 13.8. The molecule has 0 fully saturated rings. The van der Waals surface area contributed by atoms with Crippen LogP contribution in [0.15, 0.2) is 41.1 Å². The number of rotatable bonds is 3. The fourth-order valence-corrected chi connectivity index (χ4v) is 2.35. The van der Waals surface area contributed by atoms with Crippen molar-refractivity contribution in [2.75, 3.05) is 7.05 Å². The molecule has 1 heterocycles. The molecule has 3 heteroatoms. The zero-order chi connectivity index (χ0) is 12.3. The quantitative estimate of drug-likeness (QED) is 0.812.